The molecule has 1 saturated heterocycles. The van der Waals surface area contributed by atoms with Gasteiger partial charge in [-0.3, -0.25) is 4.79 Å². The zero-order valence-electron chi connectivity index (χ0n) is 15.1. The highest BCUT2D eigenvalue weighted by molar-refractivity contribution is 7.99. The van der Waals surface area contributed by atoms with Gasteiger partial charge in [0.05, 0.1) is 18.5 Å². The van der Waals surface area contributed by atoms with Gasteiger partial charge in [0.25, 0.3) is 0 Å². The first kappa shape index (κ1) is 20.5. The van der Waals surface area contributed by atoms with Crippen LogP contribution in [0.5, 0.6) is 0 Å². The Hall–Kier alpha value is -1.20. The van der Waals surface area contributed by atoms with Crippen molar-refractivity contribution in [3.05, 3.63) is 69.7 Å². The quantitative estimate of drug-likeness (QED) is 0.593. The van der Waals surface area contributed by atoms with Crippen LogP contribution in [0.3, 0.4) is 0 Å². The molecule has 3 nitrogen and oxygen atoms in total. The molecule has 1 aliphatic heterocycles. The molecule has 27 heavy (non-hydrogen) atoms. The summed E-state index contributed by atoms with van der Waals surface area (Å²) in [6.45, 7) is 2.16. The number of hydrogen-bond donors (Lipinski definition) is 0. The maximum absolute atomic E-state index is 12.4. The third kappa shape index (κ3) is 6.42. The minimum absolute atomic E-state index is 0.187. The highest BCUT2D eigenvalue weighted by Crippen LogP contribution is 2.25. The molecule has 0 radical (unpaired) electrons. The van der Waals surface area contributed by atoms with Crippen LogP contribution in [0.25, 0.3) is 0 Å². The molecule has 0 aromatic heterocycles. The van der Waals surface area contributed by atoms with Gasteiger partial charge in [-0.1, -0.05) is 59.6 Å². The van der Waals surface area contributed by atoms with Crippen LogP contribution in [0, 0.1) is 0 Å². The van der Waals surface area contributed by atoms with E-state index in [0.717, 1.165) is 31.5 Å². The number of carbonyl (C=O) groups excluding carboxylic acids is 1. The van der Waals surface area contributed by atoms with E-state index in [1.54, 1.807) is 17.8 Å². The predicted molar refractivity (Wildman–Crippen MR) is 113 cm³/mol. The van der Waals surface area contributed by atoms with Crippen LogP contribution >= 0.6 is 35.0 Å². The van der Waals surface area contributed by atoms with E-state index in [4.69, 9.17) is 27.9 Å². The maximum Gasteiger partial charge on any atom is 0.232 e. The molecule has 2 aromatic rings. The molecule has 6 heteroatoms. The van der Waals surface area contributed by atoms with E-state index in [9.17, 15) is 4.79 Å². The minimum Gasteiger partial charge on any atom is -0.373 e. The van der Waals surface area contributed by atoms with E-state index in [0.29, 0.717) is 28.2 Å². The van der Waals surface area contributed by atoms with Crippen LogP contribution in [-0.2, 0) is 21.9 Å². The fourth-order valence-corrected chi connectivity index (χ4v) is 4.52. The van der Waals surface area contributed by atoms with Crippen molar-refractivity contribution in [2.75, 3.05) is 18.8 Å². The molecule has 0 unspecified atom stereocenters. The van der Waals surface area contributed by atoms with E-state index in [1.165, 1.54) is 5.56 Å². The summed E-state index contributed by atoms with van der Waals surface area (Å²) in [6, 6.07) is 15.7. The number of thioether (sulfide) groups is 1. The first-order valence-corrected chi connectivity index (χ1v) is 11.0. The molecule has 2 aromatic carbocycles. The Morgan fingerprint density at radius 2 is 1.85 bits per heavy atom. The predicted octanol–water partition coefficient (Wildman–Crippen LogP) is 5.43. The average molecular weight is 424 g/mol. The summed E-state index contributed by atoms with van der Waals surface area (Å²) < 4.78 is 5.99. The summed E-state index contributed by atoms with van der Waals surface area (Å²) in [7, 11) is 0. The Morgan fingerprint density at radius 1 is 1.11 bits per heavy atom. The fourth-order valence-electron chi connectivity index (χ4n) is 3.04. The maximum atomic E-state index is 12.4. The van der Waals surface area contributed by atoms with Crippen molar-refractivity contribution in [3.8, 4) is 0 Å². The van der Waals surface area contributed by atoms with E-state index in [-0.39, 0.29) is 12.0 Å². The highest BCUT2D eigenvalue weighted by atomic mass is 35.5. The molecule has 1 heterocycles. The Morgan fingerprint density at radius 3 is 2.56 bits per heavy atom. The van der Waals surface area contributed by atoms with Gasteiger partial charge in [-0.15, -0.1) is 11.8 Å². The molecule has 1 amide bonds. The molecule has 0 bridgehead atoms. The smallest absolute Gasteiger partial charge is 0.232 e. The topological polar surface area (TPSA) is 29.5 Å². The number of amides is 1. The monoisotopic (exact) mass is 423 g/mol. The second-order valence-electron chi connectivity index (χ2n) is 6.61. The summed E-state index contributed by atoms with van der Waals surface area (Å²) >= 11 is 13.7. The van der Waals surface area contributed by atoms with Crippen molar-refractivity contribution < 1.29 is 9.53 Å². The van der Waals surface area contributed by atoms with Gasteiger partial charge in [0.15, 0.2) is 0 Å². The van der Waals surface area contributed by atoms with Crippen LogP contribution in [0.2, 0.25) is 10.0 Å². The normalized spacial score (nSPS) is 15.1. The second-order valence-corrected chi connectivity index (χ2v) is 8.43. The van der Waals surface area contributed by atoms with Crippen molar-refractivity contribution >= 4 is 40.9 Å². The number of halogens is 2. The number of nitrogens with zero attached hydrogens (tertiary/aromatic N) is 1. The van der Waals surface area contributed by atoms with Crippen molar-refractivity contribution in [1.29, 1.82) is 0 Å². The fraction of sp³-hybridized carbons (Fsp3) is 0.381. The van der Waals surface area contributed by atoms with Gasteiger partial charge in [-0.2, -0.15) is 0 Å². The molecule has 3 rings (SSSR count). The lowest BCUT2D eigenvalue weighted by Gasteiger charge is -2.32. The second kappa shape index (κ2) is 10.4. The Labute approximate surface area is 175 Å². The summed E-state index contributed by atoms with van der Waals surface area (Å²) in [5.74, 6) is 1.36. The van der Waals surface area contributed by atoms with Gasteiger partial charge in [-0.25, -0.2) is 0 Å². The van der Waals surface area contributed by atoms with E-state index >= 15 is 0 Å². The number of benzene rings is 2. The van der Waals surface area contributed by atoms with Gasteiger partial charge in [0, 0.05) is 28.9 Å². The lowest BCUT2D eigenvalue weighted by molar-refractivity contribution is -0.131. The summed E-state index contributed by atoms with van der Waals surface area (Å²) in [5.41, 5.74) is 2.19. The molecule has 1 aliphatic rings. The number of ether oxygens (including phenoxy) is 1. The molecule has 144 valence electrons. The number of hydrogen-bond acceptors (Lipinski definition) is 3. The zero-order valence-corrected chi connectivity index (χ0v) is 17.4. The van der Waals surface area contributed by atoms with E-state index in [2.05, 4.69) is 12.1 Å². The average Bonchev–Trinajstić information content (AvgIpc) is 2.69. The van der Waals surface area contributed by atoms with Gasteiger partial charge in [-0.05, 0) is 36.1 Å². The van der Waals surface area contributed by atoms with Crippen molar-refractivity contribution in [3.63, 3.8) is 0 Å². The largest absolute Gasteiger partial charge is 0.373 e. The Kier molecular flexibility index (Phi) is 7.89. The molecule has 0 saturated carbocycles. The SMILES string of the molecule is O=C(CSCc1ccc(Cl)cc1Cl)N1CCC(OCc2ccccc2)CC1. The standard InChI is InChI=1S/C21H23Cl2NO2S/c22-18-7-6-17(20(23)12-18)14-27-15-21(25)24-10-8-19(9-11-24)26-13-16-4-2-1-3-5-16/h1-7,12,19H,8-11,13-15H2. The zero-order chi connectivity index (χ0) is 19.1. The van der Waals surface area contributed by atoms with Gasteiger partial charge in [0.1, 0.15) is 0 Å². The summed E-state index contributed by atoms with van der Waals surface area (Å²) in [6.07, 6.45) is 2.02. The highest BCUT2D eigenvalue weighted by Gasteiger charge is 2.23. The lowest BCUT2D eigenvalue weighted by Crippen LogP contribution is -2.41. The molecule has 1 fully saturated rings. The van der Waals surface area contributed by atoms with Crippen LogP contribution in [0.15, 0.2) is 48.5 Å². The van der Waals surface area contributed by atoms with Gasteiger partial charge < -0.3 is 9.64 Å². The van der Waals surface area contributed by atoms with Crippen molar-refractivity contribution in [2.24, 2.45) is 0 Å². The molecule has 0 spiro atoms. The minimum atomic E-state index is 0.187. The first-order chi connectivity index (χ1) is 13.1. The summed E-state index contributed by atoms with van der Waals surface area (Å²) in [4.78, 5) is 14.4. The number of rotatable bonds is 7. The third-order valence-corrected chi connectivity index (χ3v) is 6.17. The molecular weight excluding hydrogens is 401 g/mol. The van der Waals surface area contributed by atoms with Gasteiger partial charge >= 0.3 is 0 Å². The van der Waals surface area contributed by atoms with Crippen LogP contribution in [-0.4, -0.2) is 35.8 Å². The molecular formula is C21H23Cl2NO2S. The van der Waals surface area contributed by atoms with Crippen molar-refractivity contribution in [2.45, 2.75) is 31.3 Å². The van der Waals surface area contributed by atoms with Crippen LogP contribution in [0.4, 0.5) is 0 Å². The molecule has 0 atom stereocenters. The van der Waals surface area contributed by atoms with Crippen molar-refractivity contribution in [1.82, 2.24) is 4.90 Å². The van der Waals surface area contributed by atoms with Crippen LogP contribution in [0.1, 0.15) is 24.0 Å². The number of carbonyl (C=O) groups is 1. The third-order valence-electron chi connectivity index (χ3n) is 4.62. The van der Waals surface area contributed by atoms with Crippen LogP contribution < -0.4 is 0 Å². The molecule has 0 N–H and O–H groups in total. The van der Waals surface area contributed by atoms with Gasteiger partial charge in [0.2, 0.25) is 5.91 Å². The first-order valence-electron chi connectivity index (χ1n) is 9.07. The Bertz CT molecular complexity index is 749. The number of likely N-dealkylation sites (tertiary alicyclic amines) is 1. The number of piperidine rings is 1. The van der Waals surface area contributed by atoms with E-state index < -0.39 is 0 Å². The van der Waals surface area contributed by atoms with E-state index in [1.807, 2.05) is 35.2 Å². The Balaban J connectivity index is 1.35. The lowest BCUT2D eigenvalue weighted by atomic mass is 10.1. The summed E-state index contributed by atoms with van der Waals surface area (Å²) in [5, 5.41) is 1.28. The molecule has 0 aliphatic carbocycles.